The van der Waals surface area contributed by atoms with Gasteiger partial charge in [-0.05, 0) is 36.4 Å². The first-order valence-electron chi connectivity index (χ1n) is 7.01. The lowest BCUT2D eigenvalue weighted by atomic mass is 9.98. The van der Waals surface area contributed by atoms with Crippen LogP contribution in [0.1, 0.15) is 5.69 Å². The Morgan fingerprint density at radius 3 is 2.25 bits per heavy atom. The van der Waals surface area contributed by atoms with Crippen molar-refractivity contribution in [3.8, 4) is 28.1 Å². The van der Waals surface area contributed by atoms with Gasteiger partial charge in [0.1, 0.15) is 23.1 Å². The smallest absolute Gasteiger partial charge is 0.134 e. The minimum atomic E-state index is -0.754. The minimum absolute atomic E-state index is 0.0606. The fourth-order valence-corrected chi connectivity index (χ4v) is 2.54. The molecule has 7 heteroatoms. The first kappa shape index (κ1) is 15.7. The van der Waals surface area contributed by atoms with Gasteiger partial charge in [-0.2, -0.15) is 5.10 Å². The maximum atomic E-state index is 14.3. The number of hydrogen-bond acceptors (Lipinski definition) is 4. The van der Waals surface area contributed by atoms with Gasteiger partial charge < -0.3 is 10.3 Å². The van der Waals surface area contributed by atoms with E-state index in [1.807, 2.05) is 0 Å². The first-order chi connectivity index (χ1) is 11.5. The molecule has 0 aliphatic carbocycles. The fraction of sp³-hybridized carbons (Fsp3) is 0.0588. The Labute approximate surface area is 136 Å². The monoisotopic (exact) mass is 329 g/mol. The van der Waals surface area contributed by atoms with Gasteiger partial charge >= 0.3 is 0 Å². The number of phenolic OH excluding ortho intramolecular Hbond substituents is 1. The van der Waals surface area contributed by atoms with Crippen LogP contribution in [0.3, 0.4) is 0 Å². The number of hydrogen-bond donors (Lipinski definition) is 2. The number of nitrogens with zero attached hydrogens (tertiary/aromatic N) is 3. The molecule has 0 aliphatic heterocycles. The summed E-state index contributed by atoms with van der Waals surface area (Å²) >= 11 is 0. The van der Waals surface area contributed by atoms with Crippen LogP contribution in [0.4, 0.5) is 8.78 Å². The van der Waals surface area contributed by atoms with Crippen molar-refractivity contribution < 1.29 is 19.1 Å². The molecule has 24 heavy (non-hydrogen) atoms. The second kappa shape index (κ2) is 6.11. The van der Waals surface area contributed by atoms with Crippen LogP contribution in [-0.4, -0.2) is 26.3 Å². The second-order valence-electron chi connectivity index (χ2n) is 5.12. The molecular weight excluding hydrogens is 316 g/mol. The van der Waals surface area contributed by atoms with E-state index < -0.39 is 11.6 Å². The van der Waals surface area contributed by atoms with Crippen LogP contribution in [0.25, 0.3) is 22.4 Å². The number of phenols is 1. The highest BCUT2D eigenvalue weighted by atomic mass is 19.1. The SMILES string of the molecule is Cn1nc(-c2ccc(O)cc2)c(-c2c(F)cccc2F)c1/C=N\O. The Balaban J connectivity index is 2.36. The molecule has 0 radical (unpaired) electrons. The van der Waals surface area contributed by atoms with E-state index in [0.717, 1.165) is 18.3 Å². The normalized spacial score (nSPS) is 11.3. The van der Waals surface area contributed by atoms with Gasteiger partial charge in [0.05, 0.1) is 17.5 Å². The van der Waals surface area contributed by atoms with Crippen LogP contribution < -0.4 is 0 Å². The summed E-state index contributed by atoms with van der Waals surface area (Å²) in [5.41, 5.74) is 1.000. The third kappa shape index (κ3) is 2.60. The van der Waals surface area contributed by atoms with Crippen molar-refractivity contribution in [1.29, 1.82) is 0 Å². The van der Waals surface area contributed by atoms with Gasteiger partial charge in [-0.15, -0.1) is 0 Å². The van der Waals surface area contributed by atoms with Crippen molar-refractivity contribution in [2.75, 3.05) is 0 Å². The Kier molecular flexibility index (Phi) is 3.99. The molecule has 2 aromatic carbocycles. The van der Waals surface area contributed by atoms with E-state index in [1.165, 1.54) is 22.9 Å². The zero-order valence-corrected chi connectivity index (χ0v) is 12.6. The number of aromatic hydroxyl groups is 1. The summed E-state index contributed by atoms with van der Waals surface area (Å²) in [5, 5.41) is 25.6. The second-order valence-corrected chi connectivity index (χ2v) is 5.12. The van der Waals surface area contributed by atoms with Crippen LogP contribution in [0.5, 0.6) is 5.75 Å². The standard InChI is InChI=1S/C17H13F2N3O2/c1-22-14(9-20-24)16(15-12(18)3-2-4-13(15)19)17(21-22)10-5-7-11(23)8-6-10/h2-9,23-24H,1H3/b20-9-. The van der Waals surface area contributed by atoms with E-state index in [4.69, 9.17) is 5.21 Å². The topological polar surface area (TPSA) is 70.6 Å². The number of benzene rings is 2. The molecule has 1 heterocycles. The summed E-state index contributed by atoms with van der Waals surface area (Å²) in [7, 11) is 1.57. The van der Waals surface area contributed by atoms with Crippen molar-refractivity contribution in [3.05, 3.63) is 59.8 Å². The van der Waals surface area contributed by atoms with Crippen molar-refractivity contribution in [2.45, 2.75) is 0 Å². The van der Waals surface area contributed by atoms with Crippen LogP contribution in [0.2, 0.25) is 0 Å². The lowest BCUT2D eigenvalue weighted by Crippen LogP contribution is -1.99. The minimum Gasteiger partial charge on any atom is -0.508 e. The Hall–Kier alpha value is -3.22. The third-order valence-electron chi connectivity index (χ3n) is 3.63. The summed E-state index contributed by atoms with van der Waals surface area (Å²) in [5.74, 6) is -1.45. The Bertz CT molecular complexity index is 898. The summed E-state index contributed by atoms with van der Waals surface area (Å²) in [6.07, 6.45) is 1.07. The highest BCUT2D eigenvalue weighted by Gasteiger charge is 2.23. The third-order valence-corrected chi connectivity index (χ3v) is 3.63. The summed E-state index contributed by atoms with van der Waals surface area (Å²) in [6.45, 7) is 0. The highest BCUT2D eigenvalue weighted by molar-refractivity contribution is 5.95. The van der Waals surface area contributed by atoms with E-state index in [9.17, 15) is 13.9 Å². The van der Waals surface area contributed by atoms with Gasteiger partial charge in [0.25, 0.3) is 0 Å². The Morgan fingerprint density at radius 2 is 1.67 bits per heavy atom. The molecule has 0 unspecified atom stereocenters. The number of halogens is 2. The van der Waals surface area contributed by atoms with E-state index >= 15 is 0 Å². The molecule has 0 aliphatic rings. The predicted molar refractivity (Wildman–Crippen MR) is 85.0 cm³/mol. The first-order valence-corrected chi connectivity index (χ1v) is 7.01. The Morgan fingerprint density at radius 1 is 1.04 bits per heavy atom. The van der Waals surface area contributed by atoms with E-state index in [2.05, 4.69) is 10.3 Å². The van der Waals surface area contributed by atoms with Crippen molar-refractivity contribution in [3.63, 3.8) is 0 Å². The van der Waals surface area contributed by atoms with Crippen LogP contribution >= 0.6 is 0 Å². The molecule has 0 saturated heterocycles. The predicted octanol–water partition coefficient (Wildman–Crippen LogP) is 3.55. The van der Waals surface area contributed by atoms with E-state index in [1.54, 1.807) is 19.2 Å². The fourth-order valence-electron chi connectivity index (χ4n) is 2.54. The maximum absolute atomic E-state index is 14.3. The number of rotatable bonds is 3. The van der Waals surface area contributed by atoms with Gasteiger partial charge in [0.15, 0.2) is 0 Å². The molecule has 0 atom stereocenters. The molecule has 0 saturated carbocycles. The zero-order valence-electron chi connectivity index (χ0n) is 12.6. The molecule has 5 nitrogen and oxygen atoms in total. The molecule has 1 aromatic heterocycles. The largest absolute Gasteiger partial charge is 0.508 e. The number of aromatic nitrogens is 2. The summed E-state index contributed by atoms with van der Waals surface area (Å²) in [6, 6.07) is 9.62. The molecule has 122 valence electrons. The molecule has 0 spiro atoms. The molecule has 3 aromatic rings. The van der Waals surface area contributed by atoms with Crippen molar-refractivity contribution in [1.82, 2.24) is 9.78 Å². The maximum Gasteiger partial charge on any atom is 0.134 e. The summed E-state index contributed by atoms with van der Waals surface area (Å²) in [4.78, 5) is 0. The molecule has 2 N–H and O–H groups in total. The van der Waals surface area contributed by atoms with Gasteiger partial charge in [-0.25, -0.2) is 8.78 Å². The van der Waals surface area contributed by atoms with Crippen LogP contribution in [0, 0.1) is 11.6 Å². The van der Waals surface area contributed by atoms with Crippen LogP contribution in [-0.2, 0) is 7.05 Å². The molecule has 0 bridgehead atoms. The zero-order chi connectivity index (χ0) is 17.3. The van der Waals surface area contributed by atoms with Crippen LogP contribution in [0.15, 0.2) is 47.6 Å². The van der Waals surface area contributed by atoms with Crippen molar-refractivity contribution in [2.24, 2.45) is 12.2 Å². The van der Waals surface area contributed by atoms with Gasteiger partial charge in [0, 0.05) is 18.2 Å². The average Bonchev–Trinajstić information content (AvgIpc) is 2.86. The van der Waals surface area contributed by atoms with Gasteiger partial charge in [-0.3, -0.25) is 4.68 Å². The molecular formula is C17H13F2N3O2. The molecule has 0 fully saturated rings. The average molecular weight is 329 g/mol. The van der Waals surface area contributed by atoms with Gasteiger partial charge in [-0.1, -0.05) is 11.2 Å². The van der Waals surface area contributed by atoms with Gasteiger partial charge in [0.2, 0.25) is 0 Å². The van der Waals surface area contributed by atoms with E-state index in [-0.39, 0.29) is 22.6 Å². The number of aryl methyl sites for hydroxylation is 1. The highest BCUT2D eigenvalue weighted by Crippen LogP contribution is 2.37. The quantitative estimate of drug-likeness (QED) is 0.438. The molecule has 0 amide bonds. The lowest BCUT2D eigenvalue weighted by molar-refractivity contribution is 0.321. The summed E-state index contributed by atoms with van der Waals surface area (Å²) < 4.78 is 30.0. The lowest BCUT2D eigenvalue weighted by Gasteiger charge is -2.07. The number of oxime groups is 1. The van der Waals surface area contributed by atoms with Crippen molar-refractivity contribution >= 4 is 6.21 Å². The van der Waals surface area contributed by atoms with E-state index in [0.29, 0.717) is 11.3 Å². The molecule has 3 rings (SSSR count).